The Bertz CT molecular complexity index is 190. The van der Waals surface area contributed by atoms with Gasteiger partial charge in [0.25, 0.3) is 0 Å². The molecule has 88 valence electrons. The minimum absolute atomic E-state index is 0.297. The van der Waals surface area contributed by atoms with Crippen LogP contribution in [0.5, 0.6) is 0 Å². The van der Waals surface area contributed by atoms with Crippen molar-refractivity contribution < 1.29 is 14.6 Å². The molecule has 1 heterocycles. The fraction of sp³-hybridized carbons (Fsp3) is 0.909. The van der Waals surface area contributed by atoms with E-state index in [-0.39, 0.29) is 0 Å². The second kappa shape index (κ2) is 6.80. The average molecular weight is 215 g/mol. The van der Waals surface area contributed by atoms with E-state index in [0.29, 0.717) is 12.3 Å². The van der Waals surface area contributed by atoms with Gasteiger partial charge in [0.15, 0.2) is 0 Å². The minimum atomic E-state index is -0.679. The Hall–Kier alpha value is -0.610. The number of carboxylic acids is 1. The van der Waals surface area contributed by atoms with Crippen LogP contribution in [0.15, 0.2) is 0 Å². The average Bonchev–Trinajstić information content (AvgIpc) is 2.18. The summed E-state index contributed by atoms with van der Waals surface area (Å²) in [6, 6.07) is 0. The third-order valence-electron chi connectivity index (χ3n) is 2.78. The monoisotopic (exact) mass is 215 g/mol. The summed E-state index contributed by atoms with van der Waals surface area (Å²) in [6.45, 7) is 6.47. The fourth-order valence-electron chi connectivity index (χ4n) is 2.06. The van der Waals surface area contributed by atoms with Crippen molar-refractivity contribution >= 4 is 5.97 Å². The van der Waals surface area contributed by atoms with Crippen molar-refractivity contribution in [1.29, 1.82) is 0 Å². The van der Waals surface area contributed by atoms with Gasteiger partial charge in [0.2, 0.25) is 0 Å². The molecule has 1 fully saturated rings. The summed E-state index contributed by atoms with van der Waals surface area (Å²) in [5.74, 6) is -0.382. The van der Waals surface area contributed by atoms with Crippen LogP contribution in [0, 0.1) is 5.92 Å². The van der Waals surface area contributed by atoms with Gasteiger partial charge in [0.05, 0.1) is 13.2 Å². The van der Waals surface area contributed by atoms with E-state index in [9.17, 15) is 4.79 Å². The SMILES string of the molecule is CCCC(CC(=O)O)CN1CCOCC1. The van der Waals surface area contributed by atoms with Gasteiger partial charge < -0.3 is 9.84 Å². The van der Waals surface area contributed by atoms with Gasteiger partial charge in [-0.25, -0.2) is 0 Å². The van der Waals surface area contributed by atoms with Crippen molar-refractivity contribution in [3.63, 3.8) is 0 Å². The third-order valence-corrected chi connectivity index (χ3v) is 2.78. The van der Waals surface area contributed by atoms with E-state index in [1.54, 1.807) is 0 Å². The molecule has 1 saturated heterocycles. The van der Waals surface area contributed by atoms with Gasteiger partial charge in [-0.2, -0.15) is 0 Å². The van der Waals surface area contributed by atoms with Crippen LogP contribution in [-0.4, -0.2) is 48.8 Å². The molecule has 0 radical (unpaired) electrons. The van der Waals surface area contributed by atoms with Gasteiger partial charge in [-0.1, -0.05) is 13.3 Å². The Morgan fingerprint density at radius 1 is 1.47 bits per heavy atom. The molecule has 0 aromatic carbocycles. The van der Waals surface area contributed by atoms with Crippen molar-refractivity contribution in [2.75, 3.05) is 32.8 Å². The molecule has 1 N–H and O–H groups in total. The third kappa shape index (κ3) is 5.14. The first-order chi connectivity index (χ1) is 7.22. The first kappa shape index (κ1) is 12.5. The summed E-state index contributed by atoms with van der Waals surface area (Å²) < 4.78 is 5.26. The van der Waals surface area contributed by atoms with E-state index in [0.717, 1.165) is 45.7 Å². The quantitative estimate of drug-likeness (QED) is 0.723. The molecule has 0 aromatic rings. The van der Waals surface area contributed by atoms with Crippen LogP contribution >= 0.6 is 0 Å². The Morgan fingerprint density at radius 3 is 2.67 bits per heavy atom. The second-order valence-electron chi connectivity index (χ2n) is 4.17. The van der Waals surface area contributed by atoms with Gasteiger partial charge in [-0.05, 0) is 12.3 Å². The van der Waals surface area contributed by atoms with Crippen molar-refractivity contribution in [2.24, 2.45) is 5.92 Å². The van der Waals surface area contributed by atoms with Gasteiger partial charge in [0.1, 0.15) is 0 Å². The highest BCUT2D eigenvalue weighted by Crippen LogP contribution is 2.14. The van der Waals surface area contributed by atoms with E-state index in [1.807, 2.05) is 0 Å². The zero-order valence-corrected chi connectivity index (χ0v) is 9.45. The maximum Gasteiger partial charge on any atom is 0.303 e. The highest BCUT2D eigenvalue weighted by molar-refractivity contribution is 5.67. The number of hydrogen-bond acceptors (Lipinski definition) is 3. The zero-order valence-electron chi connectivity index (χ0n) is 9.45. The maximum atomic E-state index is 10.7. The Labute approximate surface area is 91.2 Å². The van der Waals surface area contributed by atoms with Crippen molar-refractivity contribution in [3.05, 3.63) is 0 Å². The van der Waals surface area contributed by atoms with Crippen LogP contribution in [0.1, 0.15) is 26.2 Å². The Kier molecular flexibility index (Phi) is 5.65. The summed E-state index contributed by atoms with van der Waals surface area (Å²) >= 11 is 0. The number of ether oxygens (including phenoxy) is 1. The predicted octanol–water partition coefficient (Wildman–Crippen LogP) is 1.21. The molecular weight excluding hydrogens is 194 g/mol. The molecule has 15 heavy (non-hydrogen) atoms. The van der Waals surface area contributed by atoms with Crippen LogP contribution in [0.4, 0.5) is 0 Å². The molecule has 1 aliphatic rings. The van der Waals surface area contributed by atoms with Crippen LogP contribution in [0.2, 0.25) is 0 Å². The largest absolute Gasteiger partial charge is 0.481 e. The fourth-order valence-corrected chi connectivity index (χ4v) is 2.06. The Balaban J connectivity index is 2.31. The molecule has 0 bridgehead atoms. The van der Waals surface area contributed by atoms with Crippen LogP contribution in [-0.2, 0) is 9.53 Å². The maximum absolute atomic E-state index is 10.7. The van der Waals surface area contributed by atoms with Crippen LogP contribution < -0.4 is 0 Å². The number of rotatable bonds is 6. The van der Waals surface area contributed by atoms with Crippen LogP contribution in [0.25, 0.3) is 0 Å². The minimum Gasteiger partial charge on any atom is -0.481 e. The molecule has 0 aliphatic carbocycles. The number of nitrogens with zero attached hydrogens (tertiary/aromatic N) is 1. The number of hydrogen-bond donors (Lipinski definition) is 1. The molecule has 1 atom stereocenters. The van der Waals surface area contributed by atoms with Gasteiger partial charge in [-0.3, -0.25) is 9.69 Å². The lowest BCUT2D eigenvalue weighted by molar-refractivity contribution is -0.138. The molecule has 4 nitrogen and oxygen atoms in total. The molecule has 4 heteroatoms. The molecular formula is C11H21NO3. The standard InChI is InChI=1S/C11H21NO3/c1-2-3-10(8-11(13)14)9-12-4-6-15-7-5-12/h10H,2-9H2,1H3,(H,13,14). The van der Waals surface area contributed by atoms with Gasteiger partial charge >= 0.3 is 5.97 Å². The molecule has 0 amide bonds. The van der Waals surface area contributed by atoms with Crippen LogP contribution in [0.3, 0.4) is 0 Å². The summed E-state index contributed by atoms with van der Waals surface area (Å²) in [5, 5.41) is 8.80. The van der Waals surface area contributed by atoms with E-state index >= 15 is 0 Å². The molecule has 0 spiro atoms. The smallest absolute Gasteiger partial charge is 0.303 e. The highest BCUT2D eigenvalue weighted by Gasteiger charge is 2.18. The molecule has 0 saturated carbocycles. The Morgan fingerprint density at radius 2 is 2.13 bits per heavy atom. The first-order valence-corrected chi connectivity index (χ1v) is 5.74. The van der Waals surface area contributed by atoms with Crippen molar-refractivity contribution in [2.45, 2.75) is 26.2 Å². The highest BCUT2D eigenvalue weighted by atomic mass is 16.5. The molecule has 0 aromatic heterocycles. The normalized spacial score (nSPS) is 20.1. The zero-order chi connectivity index (χ0) is 11.1. The first-order valence-electron chi connectivity index (χ1n) is 5.74. The van der Waals surface area contributed by atoms with Gasteiger partial charge in [0, 0.05) is 26.1 Å². The van der Waals surface area contributed by atoms with E-state index in [2.05, 4.69) is 11.8 Å². The summed E-state index contributed by atoms with van der Waals surface area (Å²) in [7, 11) is 0. The van der Waals surface area contributed by atoms with Crippen molar-refractivity contribution in [3.8, 4) is 0 Å². The van der Waals surface area contributed by atoms with E-state index in [1.165, 1.54) is 0 Å². The van der Waals surface area contributed by atoms with E-state index in [4.69, 9.17) is 9.84 Å². The number of aliphatic carboxylic acids is 1. The lowest BCUT2D eigenvalue weighted by Crippen LogP contribution is -2.39. The lowest BCUT2D eigenvalue weighted by Gasteiger charge is -2.29. The summed E-state index contributed by atoms with van der Waals surface area (Å²) in [4.78, 5) is 13.0. The number of morpholine rings is 1. The molecule has 1 aliphatic heterocycles. The van der Waals surface area contributed by atoms with Gasteiger partial charge in [-0.15, -0.1) is 0 Å². The molecule has 1 unspecified atom stereocenters. The topological polar surface area (TPSA) is 49.8 Å². The van der Waals surface area contributed by atoms with E-state index < -0.39 is 5.97 Å². The molecule has 1 rings (SSSR count). The number of carbonyl (C=O) groups is 1. The summed E-state index contributed by atoms with van der Waals surface area (Å²) in [6.07, 6.45) is 2.36. The number of carboxylic acid groups (broad SMARTS) is 1. The lowest BCUT2D eigenvalue weighted by atomic mass is 9.99. The summed E-state index contributed by atoms with van der Waals surface area (Å²) in [5.41, 5.74) is 0. The predicted molar refractivity (Wildman–Crippen MR) is 57.9 cm³/mol. The second-order valence-corrected chi connectivity index (χ2v) is 4.17. The van der Waals surface area contributed by atoms with Crippen molar-refractivity contribution in [1.82, 2.24) is 4.90 Å².